The van der Waals surface area contributed by atoms with E-state index >= 15 is 0 Å². The van der Waals surface area contributed by atoms with E-state index in [1.807, 2.05) is 18.4 Å². The van der Waals surface area contributed by atoms with E-state index < -0.39 is 0 Å². The zero-order valence-electron chi connectivity index (χ0n) is 7.67. The number of aryl methyl sites for hydroxylation is 1. The van der Waals surface area contributed by atoms with Crippen LogP contribution in [0.25, 0.3) is 0 Å². The summed E-state index contributed by atoms with van der Waals surface area (Å²) >= 11 is 1.64. The van der Waals surface area contributed by atoms with Gasteiger partial charge in [-0.2, -0.15) is 0 Å². The quantitative estimate of drug-likeness (QED) is 0.657. The maximum absolute atomic E-state index is 11.8. The molecule has 1 aliphatic carbocycles. The van der Waals surface area contributed by atoms with Crippen LogP contribution < -0.4 is 0 Å². The van der Waals surface area contributed by atoms with Gasteiger partial charge in [0.05, 0.1) is 0 Å². The number of ketones is 1. The highest BCUT2D eigenvalue weighted by Crippen LogP contribution is 2.23. The number of thiophene rings is 1. The summed E-state index contributed by atoms with van der Waals surface area (Å²) < 4.78 is 0. The second-order valence-corrected chi connectivity index (χ2v) is 4.51. The van der Waals surface area contributed by atoms with Crippen molar-refractivity contribution in [2.45, 2.75) is 26.2 Å². The summed E-state index contributed by atoms with van der Waals surface area (Å²) in [5.41, 5.74) is 1.88. The molecule has 2 heteroatoms. The zero-order chi connectivity index (χ0) is 9.26. The van der Waals surface area contributed by atoms with Gasteiger partial charge in [0.15, 0.2) is 5.78 Å². The van der Waals surface area contributed by atoms with Gasteiger partial charge in [0, 0.05) is 15.8 Å². The van der Waals surface area contributed by atoms with Gasteiger partial charge in [0.2, 0.25) is 0 Å². The SMILES string of the molecule is Cc1cc(C(=O)C2=CCCC2)cs1. The molecule has 1 aromatic rings. The third-order valence-electron chi connectivity index (χ3n) is 2.33. The molecule has 13 heavy (non-hydrogen) atoms. The second-order valence-electron chi connectivity index (χ2n) is 3.40. The van der Waals surface area contributed by atoms with Gasteiger partial charge in [-0.1, -0.05) is 6.08 Å². The lowest BCUT2D eigenvalue weighted by atomic mass is 10.1. The zero-order valence-corrected chi connectivity index (χ0v) is 8.49. The summed E-state index contributed by atoms with van der Waals surface area (Å²) in [6, 6.07) is 1.98. The van der Waals surface area contributed by atoms with Crippen LogP contribution >= 0.6 is 11.3 Å². The minimum absolute atomic E-state index is 0.238. The Hall–Kier alpha value is -0.890. The van der Waals surface area contributed by atoms with Crippen LogP contribution in [-0.2, 0) is 0 Å². The average molecular weight is 192 g/mol. The van der Waals surface area contributed by atoms with Gasteiger partial charge in [-0.05, 0) is 37.8 Å². The van der Waals surface area contributed by atoms with Gasteiger partial charge in [0.25, 0.3) is 0 Å². The number of carbonyl (C=O) groups is 1. The Morgan fingerprint density at radius 2 is 2.38 bits per heavy atom. The minimum Gasteiger partial charge on any atom is -0.289 e. The molecule has 0 spiro atoms. The summed E-state index contributed by atoms with van der Waals surface area (Å²) in [5.74, 6) is 0.238. The fourth-order valence-corrected chi connectivity index (χ4v) is 2.31. The third-order valence-corrected chi connectivity index (χ3v) is 3.19. The van der Waals surface area contributed by atoms with Crippen molar-refractivity contribution < 1.29 is 4.79 Å². The number of Topliss-reactive ketones (excluding diaryl/α,β-unsaturated/α-hetero) is 1. The van der Waals surface area contributed by atoms with E-state index in [2.05, 4.69) is 6.08 Å². The van der Waals surface area contributed by atoms with Crippen LogP contribution in [0.15, 0.2) is 23.1 Å². The number of hydrogen-bond donors (Lipinski definition) is 0. The van der Waals surface area contributed by atoms with Crippen molar-refractivity contribution in [2.75, 3.05) is 0 Å². The molecule has 0 saturated carbocycles. The molecule has 0 bridgehead atoms. The van der Waals surface area contributed by atoms with Crippen LogP contribution in [0.5, 0.6) is 0 Å². The molecule has 68 valence electrons. The monoisotopic (exact) mass is 192 g/mol. The van der Waals surface area contributed by atoms with Gasteiger partial charge < -0.3 is 0 Å². The number of carbonyl (C=O) groups excluding carboxylic acids is 1. The van der Waals surface area contributed by atoms with Crippen molar-refractivity contribution in [1.29, 1.82) is 0 Å². The first-order valence-corrected chi connectivity index (χ1v) is 5.44. The molecule has 1 aromatic heterocycles. The highest BCUT2D eigenvalue weighted by Gasteiger charge is 2.15. The first kappa shape index (κ1) is 8.70. The van der Waals surface area contributed by atoms with Crippen molar-refractivity contribution in [1.82, 2.24) is 0 Å². The number of rotatable bonds is 2. The van der Waals surface area contributed by atoms with Gasteiger partial charge >= 0.3 is 0 Å². The first-order chi connectivity index (χ1) is 6.27. The minimum atomic E-state index is 0.238. The fraction of sp³-hybridized carbons (Fsp3) is 0.364. The molecule has 1 heterocycles. The lowest BCUT2D eigenvalue weighted by molar-refractivity contribution is 0.103. The second kappa shape index (κ2) is 3.46. The molecule has 1 nitrogen and oxygen atoms in total. The van der Waals surface area contributed by atoms with E-state index in [0.29, 0.717) is 0 Å². The van der Waals surface area contributed by atoms with Crippen LogP contribution in [0.3, 0.4) is 0 Å². The number of hydrogen-bond acceptors (Lipinski definition) is 2. The summed E-state index contributed by atoms with van der Waals surface area (Å²) in [7, 11) is 0. The van der Waals surface area contributed by atoms with Crippen molar-refractivity contribution in [2.24, 2.45) is 0 Å². The Kier molecular flexibility index (Phi) is 2.32. The van der Waals surface area contributed by atoms with E-state index in [4.69, 9.17) is 0 Å². The highest BCUT2D eigenvalue weighted by atomic mass is 32.1. The maximum atomic E-state index is 11.8. The first-order valence-electron chi connectivity index (χ1n) is 4.56. The Balaban J connectivity index is 2.22. The Morgan fingerprint density at radius 3 is 2.92 bits per heavy atom. The molecule has 2 rings (SSSR count). The van der Waals surface area contributed by atoms with E-state index in [1.165, 1.54) is 4.88 Å². The molecule has 0 fully saturated rings. The van der Waals surface area contributed by atoms with Gasteiger partial charge in [-0.3, -0.25) is 4.79 Å². The predicted octanol–water partition coefficient (Wildman–Crippen LogP) is 3.35. The maximum Gasteiger partial charge on any atom is 0.189 e. The lowest BCUT2D eigenvalue weighted by Gasteiger charge is -1.96. The molecule has 0 radical (unpaired) electrons. The van der Waals surface area contributed by atoms with Crippen LogP contribution in [0.4, 0.5) is 0 Å². The summed E-state index contributed by atoms with van der Waals surface area (Å²) in [4.78, 5) is 13.0. The average Bonchev–Trinajstić information content (AvgIpc) is 2.72. The number of allylic oxidation sites excluding steroid dienone is 2. The van der Waals surface area contributed by atoms with Crippen LogP contribution in [-0.4, -0.2) is 5.78 Å². The van der Waals surface area contributed by atoms with Gasteiger partial charge in [-0.15, -0.1) is 11.3 Å². The smallest absolute Gasteiger partial charge is 0.189 e. The van der Waals surface area contributed by atoms with E-state index in [1.54, 1.807) is 11.3 Å². The van der Waals surface area contributed by atoms with Crippen LogP contribution in [0, 0.1) is 6.92 Å². The van der Waals surface area contributed by atoms with Crippen molar-refractivity contribution in [3.05, 3.63) is 33.5 Å². The molecule has 0 unspecified atom stereocenters. The summed E-state index contributed by atoms with van der Waals surface area (Å²) in [6.45, 7) is 2.03. The molecule has 0 atom stereocenters. The normalized spacial score (nSPS) is 15.9. The molecule has 0 N–H and O–H groups in total. The standard InChI is InChI=1S/C11H12OS/c1-8-6-10(7-13-8)11(12)9-4-2-3-5-9/h4,6-7H,2-3,5H2,1H3. The van der Waals surface area contributed by atoms with Gasteiger partial charge in [-0.25, -0.2) is 0 Å². The largest absolute Gasteiger partial charge is 0.289 e. The van der Waals surface area contributed by atoms with Crippen LogP contribution in [0.2, 0.25) is 0 Å². The lowest BCUT2D eigenvalue weighted by Crippen LogP contribution is -1.99. The molecular weight excluding hydrogens is 180 g/mol. The summed E-state index contributed by atoms with van der Waals surface area (Å²) in [6.07, 6.45) is 5.26. The molecule has 0 saturated heterocycles. The Bertz CT molecular complexity index is 360. The van der Waals surface area contributed by atoms with E-state index in [9.17, 15) is 4.79 Å². The molecule has 0 aliphatic heterocycles. The highest BCUT2D eigenvalue weighted by molar-refractivity contribution is 7.10. The topological polar surface area (TPSA) is 17.1 Å². The molecule has 0 aromatic carbocycles. The Morgan fingerprint density at radius 1 is 1.54 bits per heavy atom. The third kappa shape index (κ3) is 1.73. The van der Waals surface area contributed by atoms with Crippen molar-refractivity contribution in [3.8, 4) is 0 Å². The van der Waals surface area contributed by atoms with Crippen LogP contribution in [0.1, 0.15) is 34.5 Å². The van der Waals surface area contributed by atoms with Gasteiger partial charge in [0.1, 0.15) is 0 Å². The van der Waals surface area contributed by atoms with Crippen molar-refractivity contribution in [3.63, 3.8) is 0 Å². The van der Waals surface area contributed by atoms with Crippen molar-refractivity contribution >= 4 is 17.1 Å². The van der Waals surface area contributed by atoms with E-state index in [-0.39, 0.29) is 5.78 Å². The summed E-state index contributed by atoms with van der Waals surface area (Å²) in [5, 5.41) is 1.96. The molecule has 1 aliphatic rings. The van der Waals surface area contributed by atoms with E-state index in [0.717, 1.165) is 30.4 Å². The molecule has 0 amide bonds. The Labute approximate surface area is 82.1 Å². The fourth-order valence-electron chi connectivity index (χ4n) is 1.63. The predicted molar refractivity (Wildman–Crippen MR) is 55.3 cm³/mol. The molecular formula is C11H12OS.